The van der Waals surface area contributed by atoms with Crippen LogP contribution in [-0.4, -0.2) is 44.1 Å². The summed E-state index contributed by atoms with van der Waals surface area (Å²) >= 11 is 0. The number of rotatable bonds is 10. The van der Waals surface area contributed by atoms with Crippen LogP contribution >= 0.6 is 0 Å². The number of likely N-dealkylation sites (N-methyl/N-ethyl adjacent to an activating group) is 1. The first kappa shape index (κ1) is 17.4. The molecular formula is C15H33N2O+. The average molecular weight is 257 g/mol. The van der Waals surface area contributed by atoms with Gasteiger partial charge in [0, 0.05) is 6.42 Å². The van der Waals surface area contributed by atoms with Gasteiger partial charge in [-0.3, -0.25) is 4.79 Å². The van der Waals surface area contributed by atoms with Gasteiger partial charge in [-0.1, -0.05) is 39.0 Å². The summed E-state index contributed by atoms with van der Waals surface area (Å²) in [4.78, 5) is 11.6. The van der Waals surface area contributed by atoms with Gasteiger partial charge in [-0.05, 0) is 13.3 Å². The molecule has 1 unspecified atom stereocenters. The molecule has 0 spiro atoms. The lowest BCUT2D eigenvalue weighted by molar-refractivity contribution is -0.892. The van der Waals surface area contributed by atoms with E-state index in [2.05, 4.69) is 40.3 Å². The zero-order valence-electron chi connectivity index (χ0n) is 13.1. The van der Waals surface area contributed by atoms with Gasteiger partial charge in [-0.25, -0.2) is 0 Å². The zero-order chi connectivity index (χ0) is 14.0. The fourth-order valence-corrected chi connectivity index (χ4v) is 1.69. The van der Waals surface area contributed by atoms with Gasteiger partial charge in [0.05, 0.1) is 27.7 Å². The van der Waals surface area contributed by atoms with E-state index in [0.717, 1.165) is 17.4 Å². The molecule has 1 amide bonds. The predicted molar refractivity (Wildman–Crippen MR) is 78.5 cm³/mol. The normalized spacial score (nSPS) is 13.4. The first-order chi connectivity index (χ1) is 8.38. The second kappa shape index (κ2) is 9.37. The van der Waals surface area contributed by atoms with Crippen molar-refractivity contribution in [3.8, 4) is 0 Å². The van der Waals surface area contributed by atoms with Crippen molar-refractivity contribution < 1.29 is 9.28 Å². The van der Waals surface area contributed by atoms with Crippen molar-refractivity contribution in [2.24, 2.45) is 0 Å². The van der Waals surface area contributed by atoms with Crippen LogP contribution < -0.4 is 5.32 Å². The maximum atomic E-state index is 11.6. The van der Waals surface area contributed by atoms with E-state index in [1.54, 1.807) is 0 Å². The number of nitrogens with one attached hydrogen (secondary N) is 1. The summed E-state index contributed by atoms with van der Waals surface area (Å²) < 4.78 is 0.886. The molecule has 0 aliphatic carbocycles. The lowest BCUT2D eigenvalue weighted by Gasteiger charge is -2.31. The summed E-state index contributed by atoms with van der Waals surface area (Å²) in [5, 5.41) is 3.04. The van der Waals surface area contributed by atoms with Crippen LogP contribution in [0.1, 0.15) is 58.8 Å². The van der Waals surface area contributed by atoms with E-state index >= 15 is 0 Å². The molecule has 0 saturated heterocycles. The van der Waals surface area contributed by atoms with Gasteiger partial charge >= 0.3 is 0 Å². The Morgan fingerprint density at radius 1 is 1.06 bits per heavy atom. The third-order valence-corrected chi connectivity index (χ3v) is 3.67. The number of quaternary nitrogens is 1. The van der Waals surface area contributed by atoms with Gasteiger partial charge in [0.25, 0.3) is 0 Å². The number of hydrogen-bond acceptors (Lipinski definition) is 1. The second-order valence-electron chi connectivity index (χ2n) is 6.29. The minimum Gasteiger partial charge on any atom is -0.350 e. The molecule has 1 atom stereocenters. The molecule has 0 radical (unpaired) electrons. The Bertz CT molecular complexity index is 221. The Kier molecular flexibility index (Phi) is 9.08. The first-order valence-electron chi connectivity index (χ1n) is 7.45. The number of unbranched alkanes of at least 4 members (excludes halogenated alkanes) is 5. The van der Waals surface area contributed by atoms with E-state index in [1.807, 2.05) is 0 Å². The van der Waals surface area contributed by atoms with Crippen LogP contribution in [-0.2, 0) is 4.79 Å². The highest BCUT2D eigenvalue weighted by Crippen LogP contribution is 2.07. The van der Waals surface area contributed by atoms with Crippen LogP contribution in [0.5, 0.6) is 0 Å². The van der Waals surface area contributed by atoms with Crippen molar-refractivity contribution in [3.63, 3.8) is 0 Å². The first-order valence-corrected chi connectivity index (χ1v) is 7.45. The van der Waals surface area contributed by atoms with E-state index in [0.29, 0.717) is 12.5 Å². The average Bonchev–Trinajstić information content (AvgIpc) is 2.29. The molecule has 3 nitrogen and oxygen atoms in total. The Labute approximate surface area is 114 Å². The Hall–Kier alpha value is -0.570. The third-order valence-electron chi connectivity index (χ3n) is 3.67. The van der Waals surface area contributed by atoms with Crippen LogP contribution in [0.3, 0.4) is 0 Å². The Morgan fingerprint density at radius 3 is 2.17 bits per heavy atom. The predicted octanol–water partition coefficient (Wildman–Crippen LogP) is 2.95. The molecule has 0 bridgehead atoms. The van der Waals surface area contributed by atoms with E-state index in [-0.39, 0.29) is 5.91 Å². The van der Waals surface area contributed by atoms with Gasteiger partial charge in [-0.15, -0.1) is 0 Å². The van der Waals surface area contributed by atoms with Crippen molar-refractivity contribution in [2.45, 2.75) is 64.8 Å². The van der Waals surface area contributed by atoms with E-state index < -0.39 is 0 Å². The maximum Gasteiger partial charge on any atom is 0.220 e. The van der Waals surface area contributed by atoms with Crippen molar-refractivity contribution in [1.29, 1.82) is 0 Å². The Balaban J connectivity index is 3.49. The molecule has 0 fully saturated rings. The summed E-state index contributed by atoms with van der Waals surface area (Å²) in [6.07, 6.45) is 8.12. The fraction of sp³-hybridized carbons (Fsp3) is 0.933. The number of amides is 1. The fourth-order valence-electron chi connectivity index (χ4n) is 1.69. The molecule has 0 aliphatic rings. The summed E-state index contributed by atoms with van der Waals surface area (Å²) in [6.45, 7) is 5.17. The molecular weight excluding hydrogens is 224 g/mol. The number of carbonyl (C=O) groups excluding carboxylic acids is 1. The van der Waals surface area contributed by atoms with Crippen molar-refractivity contribution in [3.05, 3.63) is 0 Å². The van der Waals surface area contributed by atoms with Crippen molar-refractivity contribution >= 4 is 5.91 Å². The third kappa shape index (κ3) is 9.46. The molecule has 18 heavy (non-hydrogen) atoms. The van der Waals surface area contributed by atoms with Crippen LogP contribution in [0.25, 0.3) is 0 Å². The van der Waals surface area contributed by atoms with E-state index in [9.17, 15) is 4.79 Å². The molecule has 0 heterocycles. The summed E-state index contributed by atoms with van der Waals surface area (Å²) in [6, 6.07) is 0.457. The van der Waals surface area contributed by atoms with Gasteiger partial charge in [0.15, 0.2) is 0 Å². The largest absolute Gasteiger partial charge is 0.350 e. The SMILES string of the molecule is CCCCCCCCC(=O)NCC(C)[N+](C)(C)C. The molecule has 108 valence electrons. The number of carbonyl (C=O) groups is 1. The smallest absolute Gasteiger partial charge is 0.220 e. The Morgan fingerprint density at radius 2 is 1.61 bits per heavy atom. The molecule has 0 saturated carbocycles. The topological polar surface area (TPSA) is 29.1 Å². The highest BCUT2D eigenvalue weighted by atomic mass is 16.1. The van der Waals surface area contributed by atoms with Gasteiger partial charge in [0.1, 0.15) is 6.04 Å². The highest BCUT2D eigenvalue weighted by Gasteiger charge is 2.18. The molecule has 3 heteroatoms. The lowest BCUT2D eigenvalue weighted by Crippen LogP contribution is -2.49. The van der Waals surface area contributed by atoms with Crippen molar-refractivity contribution in [2.75, 3.05) is 27.7 Å². The van der Waals surface area contributed by atoms with E-state index in [4.69, 9.17) is 0 Å². The summed E-state index contributed by atoms with van der Waals surface area (Å²) in [5.74, 6) is 0.214. The van der Waals surface area contributed by atoms with Crippen LogP contribution in [0.4, 0.5) is 0 Å². The molecule has 0 aromatic carbocycles. The standard InChI is InChI=1S/C15H32N2O/c1-6-7-8-9-10-11-12-15(18)16-13-14(2)17(3,4)5/h14H,6-13H2,1-5H3/p+1. The van der Waals surface area contributed by atoms with Gasteiger partial charge in [0.2, 0.25) is 5.91 Å². The van der Waals surface area contributed by atoms with Gasteiger partial charge < -0.3 is 9.80 Å². The maximum absolute atomic E-state index is 11.6. The minimum atomic E-state index is 0.214. The minimum absolute atomic E-state index is 0.214. The van der Waals surface area contributed by atoms with Crippen LogP contribution in [0, 0.1) is 0 Å². The number of nitrogens with zero attached hydrogens (tertiary/aromatic N) is 1. The quantitative estimate of drug-likeness (QED) is 0.473. The second-order valence-corrected chi connectivity index (χ2v) is 6.29. The molecule has 0 rings (SSSR count). The summed E-state index contributed by atoms with van der Waals surface area (Å²) in [5.41, 5.74) is 0. The number of hydrogen-bond donors (Lipinski definition) is 1. The van der Waals surface area contributed by atoms with Gasteiger partial charge in [-0.2, -0.15) is 0 Å². The van der Waals surface area contributed by atoms with Crippen LogP contribution in [0.15, 0.2) is 0 Å². The monoisotopic (exact) mass is 257 g/mol. The summed E-state index contributed by atoms with van der Waals surface area (Å²) in [7, 11) is 6.47. The highest BCUT2D eigenvalue weighted by molar-refractivity contribution is 5.75. The van der Waals surface area contributed by atoms with Crippen LogP contribution in [0.2, 0.25) is 0 Å². The zero-order valence-corrected chi connectivity index (χ0v) is 13.1. The molecule has 0 aliphatic heterocycles. The lowest BCUT2D eigenvalue weighted by atomic mass is 10.1. The molecule has 0 aromatic heterocycles. The van der Waals surface area contributed by atoms with E-state index in [1.165, 1.54) is 32.1 Å². The molecule has 0 aromatic rings. The van der Waals surface area contributed by atoms with Crippen molar-refractivity contribution in [1.82, 2.24) is 5.32 Å². The molecule has 1 N–H and O–H groups in total.